The van der Waals surface area contributed by atoms with Gasteiger partial charge in [-0.25, -0.2) is 4.98 Å². The minimum atomic E-state index is 0.317. The molecule has 1 unspecified atom stereocenters. The Balaban J connectivity index is 1.24. The molecule has 3 aliphatic rings. The fraction of sp³-hybridized carbons (Fsp3) is 0.526. The Morgan fingerprint density at radius 1 is 1.11 bits per heavy atom. The van der Waals surface area contributed by atoms with Gasteiger partial charge in [0, 0.05) is 50.1 Å². The van der Waals surface area contributed by atoms with E-state index in [-0.39, 0.29) is 0 Å². The quantitative estimate of drug-likeness (QED) is 0.867. The molecule has 5 rings (SSSR count). The smallest absolute Gasteiger partial charge is 0.231 e. The number of anilines is 1. The molecular weight excluding hydrogens is 364 g/mol. The van der Waals surface area contributed by atoms with Gasteiger partial charge in [-0.1, -0.05) is 6.07 Å². The van der Waals surface area contributed by atoms with Crippen molar-refractivity contribution in [3.05, 3.63) is 34.3 Å². The first kappa shape index (κ1) is 17.2. The van der Waals surface area contributed by atoms with E-state index in [0.717, 1.165) is 54.9 Å². The predicted molar refractivity (Wildman–Crippen MR) is 103 cm³/mol. The van der Waals surface area contributed by atoms with Crippen LogP contribution < -0.4 is 14.4 Å². The molecule has 1 aromatic carbocycles. The summed E-state index contributed by atoms with van der Waals surface area (Å²) >= 11 is 1.73. The summed E-state index contributed by atoms with van der Waals surface area (Å²) in [5.74, 6) is 1.69. The molecule has 8 heteroatoms. The van der Waals surface area contributed by atoms with E-state index in [0.29, 0.717) is 25.9 Å². The van der Waals surface area contributed by atoms with Crippen molar-refractivity contribution in [2.24, 2.45) is 0 Å². The Labute approximate surface area is 162 Å². The molecule has 0 radical (unpaired) electrons. The summed E-state index contributed by atoms with van der Waals surface area (Å²) in [4.78, 5) is 10.9. The van der Waals surface area contributed by atoms with Crippen LogP contribution in [0, 0.1) is 0 Å². The molecule has 0 spiro atoms. The molecule has 2 aromatic rings. The number of thiazole rings is 1. The Kier molecular flexibility index (Phi) is 4.43. The maximum absolute atomic E-state index is 9.71. The van der Waals surface area contributed by atoms with E-state index in [1.807, 2.05) is 6.07 Å². The van der Waals surface area contributed by atoms with Gasteiger partial charge in [0.05, 0.1) is 12.2 Å². The Bertz CT molecular complexity index is 834. The number of hydrogen-bond donors (Lipinski definition) is 1. The number of fused-ring (bicyclic) bond motifs is 2. The van der Waals surface area contributed by atoms with Gasteiger partial charge in [-0.3, -0.25) is 4.90 Å². The molecule has 1 N–H and O–H groups in total. The number of aromatic nitrogens is 1. The lowest BCUT2D eigenvalue weighted by atomic mass is 10.1. The number of ether oxygens (including phenoxy) is 2. The van der Waals surface area contributed by atoms with Gasteiger partial charge in [0.1, 0.15) is 0 Å². The van der Waals surface area contributed by atoms with E-state index in [4.69, 9.17) is 14.5 Å². The van der Waals surface area contributed by atoms with Gasteiger partial charge >= 0.3 is 0 Å². The third-order valence-corrected chi connectivity index (χ3v) is 6.85. The van der Waals surface area contributed by atoms with Gasteiger partial charge in [-0.15, -0.1) is 11.3 Å². The summed E-state index contributed by atoms with van der Waals surface area (Å²) in [6.07, 6.45) is 0.837. The van der Waals surface area contributed by atoms with Gasteiger partial charge < -0.3 is 19.6 Å². The Morgan fingerprint density at radius 2 is 1.93 bits per heavy atom. The first-order valence-corrected chi connectivity index (χ1v) is 10.3. The molecule has 1 fully saturated rings. The molecule has 144 valence electrons. The van der Waals surface area contributed by atoms with E-state index < -0.39 is 0 Å². The van der Waals surface area contributed by atoms with Gasteiger partial charge in [-0.05, 0) is 24.6 Å². The van der Waals surface area contributed by atoms with Gasteiger partial charge in [0.15, 0.2) is 16.6 Å². The van der Waals surface area contributed by atoms with Crippen LogP contribution in [0.5, 0.6) is 11.5 Å². The second-order valence-electron chi connectivity index (χ2n) is 7.32. The molecular formula is C19H24N4O3S. The molecule has 4 heterocycles. The SMILES string of the molecule is CC(c1ccc2c(c1)OCO2)N1CCN(c2nc3c(s2)CN(O)CC3)CC1. The summed E-state index contributed by atoms with van der Waals surface area (Å²) in [6.45, 7) is 7.82. The zero-order valence-corrected chi connectivity index (χ0v) is 16.2. The summed E-state index contributed by atoms with van der Waals surface area (Å²) in [6, 6.07) is 6.60. The Hall–Kier alpha value is -1.87. The molecule has 0 bridgehead atoms. The van der Waals surface area contributed by atoms with E-state index in [1.54, 1.807) is 11.3 Å². The standard InChI is InChI=1S/C19H24N4O3S/c1-13(14-2-3-16-17(10-14)26-12-25-16)21-6-8-22(9-7-21)19-20-15-4-5-23(24)11-18(15)27-19/h2-3,10,13,24H,4-9,11-12H2,1H3. The third kappa shape index (κ3) is 3.27. The van der Waals surface area contributed by atoms with Crippen LogP contribution in [0.1, 0.15) is 29.1 Å². The van der Waals surface area contributed by atoms with Crippen molar-refractivity contribution in [2.45, 2.75) is 25.9 Å². The van der Waals surface area contributed by atoms with Crippen molar-refractivity contribution in [3.8, 4) is 11.5 Å². The summed E-state index contributed by atoms with van der Waals surface area (Å²) in [5, 5.41) is 12.2. The number of rotatable bonds is 3. The molecule has 1 aromatic heterocycles. The molecule has 0 aliphatic carbocycles. The first-order chi connectivity index (χ1) is 13.2. The van der Waals surface area contributed by atoms with Crippen LogP contribution in [0.2, 0.25) is 0 Å². The van der Waals surface area contributed by atoms with Crippen LogP contribution in [-0.2, 0) is 13.0 Å². The van der Waals surface area contributed by atoms with Crippen LogP contribution in [0.3, 0.4) is 0 Å². The van der Waals surface area contributed by atoms with E-state index in [2.05, 4.69) is 28.9 Å². The van der Waals surface area contributed by atoms with Crippen LogP contribution in [0.25, 0.3) is 0 Å². The average molecular weight is 388 g/mol. The number of nitrogens with zero attached hydrogens (tertiary/aromatic N) is 4. The normalized spacial score (nSPS) is 21.3. The number of benzene rings is 1. The minimum Gasteiger partial charge on any atom is -0.454 e. The molecule has 0 saturated carbocycles. The summed E-state index contributed by atoms with van der Waals surface area (Å²) < 4.78 is 10.9. The lowest BCUT2D eigenvalue weighted by Gasteiger charge is -2.38. The fourth-order valence-electron chi connectivity index (χ4n) is 3.99. The third-order valence-electron chi connectivity index (χ3n) is 5.71. The molecule has 3 aliphatic heterocycles. The second-order valence-corrected chi connectivity index (χ2v) is 8.38. The van der Waals surface area contributed by atoms with Crippen molar-refractivity contribution in [1.82, 2.24) is 14.9 Å². The summed E-state index contributed by atoms with van der Waals surface area (Å²) in [5.41, 5.74) is 2.43. The van der Waals surface area contributed by atoms with E-state index >= 15 is 0 Å². The van der Waals surface area contributed by atoms with Gasteiger partial charge in [0.25, 0.3) is 0 Å². The highest BCUT2D eigenvalue weighted by Crippen LogP contribution is 2.36. The van der Waals surface area contributed by atoms with Crippen LogP contribution in [0.4, 0.5) is 5.13 Å². The van der Waals surface area contributed by atoms with E-state index in [1.165, 1.54) is 15.5 Å². The second kappa shape index (κ2) is 6.94. The predicted octanol–water partition coefficient (Wildman–Crippen LogP) is 2.50. The van der Waals surface area contributed by atoms with Crippen molar-refractivity contribution < 1.29 is 14.7 Å². The number of hydrogen-bond acceptors (Lipinski definition) is 8. The van der Waals surface area contributed by atoms with Crippen molar-refractivity contribution in [3.63, 3.8) is 0 Å². The highest BCUT2D eigenvalue weighted by atomic mass is 32.1. The highest BCUT2D eigenvalue weighted by Gasteiger charge is 2.27. The fourth-order valence-corrected chi connectivity index (χ4v) is 5.15. The molecule has 1 atom stereocenters. The minimum absolute atomic E-state index is 0.317. The molecule has 1 saturated heterocycles. The molecule has 7 nitrogen and oxygen atoms in total. The molecule has 27 heavy (non-hydrogen) atoms. The van der Waals surface area contributed by atoms with Gasteiger partial charge in [0.2, 0.25) is 6.79 Å². The zero-order chi connectivity index (χ0) is 18.4. The lowest BCUT2D eigenvalue weighted by molar-refractivity contribution is -0.102. The number of hydroxylamine groups is 2. The van der Waals surface area contributed by atoms with Crippen molar-refractivity contribution in [1.29, 1.82) is 0 Å². The average Bonchev–Trinajstić information content (AvgIpc) is 3.33. The largest absolute Gasteiger partial charge is 0.454 e. The topological polar surface area (TPSA) is 61.3 Å². The highest BCUT2D eigenvalue weighted by molar-refractivity contribution is 7.15. The number of piperazine rings is 1. The lowest BCUT2D eigenvalue weighted by Crippen LogP contribution is -2.47. The first-order valence-electron chi connectivity index (χ1n) is 9.48. The maximum Gasteiger partial charge on any atom is 0.231 e. The van der Waals surface area contributed by atoms with Crippen LogP contribution in [-0.4, -0.2) is 59.7 Å². The monoisotopic (exact) mass is 388 g/mol. The van der Waals surface area contributed by atoms with Crippen molar-refractivity contribution in [2.75, 3.05) is 44.4 Å². The maximum atomic E-state index is 9.71. The zero-order valence-electron chi connectivity index (χ0n) is 15.4. The van der Waals surface area contributed by atoms with Gasteiger partial charge in [-0.2, -0.15) is 5.06 Å². The van der Waals surface area contributed by atoms with Crippen molar-refractivity contribution >= 4 is 16.5 Å². The van der Waals surface area contributed by atoms with Crippen LogP contribution >= 0.6 is 11.3 Å². The summed E-state index contributed by atoms with van der Waals surface area (Å²) in [7, 11) is 0. The van der Waals surface area contributed by atoms with E-state index in [9.17, 15) is 5.21 Å². The van der Waals surface area contributed by atoms with Crippen LogP contribution in [0.15, 0.2) is 18.2 Å². The Morgan fingerprint density at radius 3 is 2.78 bits per heavy atom. The molecule has 0 amide bonds.